The Labute approximate surface area is 203 Å². The number of carbonyl (C=O) groups is 2. The fourth-order valence-corrected chi connectivity index (χ4v) is 6.51. The molecule has 33 heavy (non-hydrogen) atoms. The van der Waals surface area contributed by atoms with E-state index in [9.17, 15) is 9.59 Å². The second-order valence-electron chi connectivity index (χ2n) is 9.98. The van der Waals surface area contributed by atoms with Crippen LogP contribution in [0.5, 0.6) is 0 Å². The minimum atomic E-state index is -1.09. The lowest BCUT2D eigenvalue weighted by atomic mass is 9.77. The van der Waals surface area contributed by atoms with Gasteiger partial charge in [0.15, 0.2) is 0 Å². The van der Waals surface area contributed by atoms with E-state index < -0.39 is 5.54 Å². The van der Waals surface area contributed by atoms with E-state index in [2.05, 4.69) is 19.2 Å². The van der Waals surface area contributed by atoms with Crippen LogP contribution in [0.4, 0.5) is 5.69 Å². The zero-order valence-corrected chi connectivity index (χ0v) is 21.1. The summed E-state index contributed by atoms with van der Waals surface area (Å²) < 4.78 is 3.07. The maximum Gasteiger partial charge on any atom is 0.275 e. The molecule has 7 heteroatoms. The van der Waals surface area contributed by atoms with Crippen molar-refractivity contribution in [3.8, 4) is 0 Å². The van der Waals surface area contributed by atoms with Crippen LogP contribution in [0.25, 0.3) is 10.2 Å². The van der Waals surface area contributed by atoms with Crippen LogP contribution in [0.1, 0.15) is 56.1 Å². The second kappa shape index (κ2) is 8.17. The Hall–Kier alpha value is -2.31. The molecule has 3 heterocycles. The SMILES string of the molecule is Cc1ccc(Cl)cc1N1C(=O)c2cc3sccc3n2CC1(C)C(=O)NC1CCCC(C)C1C. The number of hydrogen-bond acceptors (Lipinski definition) is 3. The van der Waals surface area contributed by atoms with Crippen molar-refractivity contribution >= 4 is 50.7 Å². The molecule has 4 atom stereocenters. The van der Waals surface area contributed by atoms with Crippen LogP contribution >= 0.6 is 22.9 Å². The predicted octanol–water partition coefficient (Wildman–Crippen LogP) is 6.02. The second-order valence-corrected chi connectivity index (χ2v) is 11.4. The van der Waals surface area contributed by atoms with Crippen LogP contribution in [-0.4, -0.2) is 28.0 Å². The highest BCUT2D eigenvalue weighted by molar-refractivity contribution is 7.17. The highest BCUT2D eigenvalue weighted by Gasteiger charge is 2.50. The normalized spacial score (nSPS) is 27.6. The number of nitrogens with zero attached hydrogens (tertiary/aromatic N) is 2. The molecule has 4 unspecified atom stereocenters. The van der Waals surface area contributed by atoms with Gasteiger partial charge in [-0.2, -0.15) is 0 Å². The molecule has 2 aromatic heterocycles. The van der Waals surface area contributed by atoms with Gasteiger partial charge >= 0.3 is 0 Å². The van der Waals surface area contributed by atoms with Crippen LogP contribution in [0.2, 0.25) is 5.02 Å². The Bertz CT molecular complexity index is 1250. The van der Waals surface area contributed by atoms with Gasteiger partial charge in [0.25, 0.3) is 5.91 Å². The summed E-state index contributed by atoms with van der Waals surface area (Å²) in [5.74, 6) is 0.692. The number of aryl methyl sites for hydroxylation is 1. The van der Waals surface area contributed by atoms with Crippen molar-refractivity contribution in [3.63, 3.8) is 0 Å². The Balaban J connectivity index is 1.61. The number of anilines is 1. The minimum absolute atomic E-state index is 0.107. The van der Waals surface area contributed by atoms with E-state index in [0.29, 0.717) is 34.8 Å². The minimum Gasteiger partial charge on any atom is -0.351 e. The molecule has 2 aliphatic rings. The number of thiophene rings is 1. The van der Waals surface area contributed by atoms with Crippen LogP contribution in [0, 0.1) is 18.8 Å². The quantitative estimate of drug-likeness (QED) is 0.494. The molecule has 1 aromatic carbocycles. The summed E-state index contributed by atoms with van der Waals surface area (Å²) in [5, 5.41) is 5.92. The number of halogens is 1. The first-order chi connectivity index (χ1) is 15.7. The molecule has 2 amide bonds. The predicted molar refractivity (Wildman–Crippen MR) is 135 cm³/mol. The smallest absolute Gasteiger partial charge is 0.275 e. The molecule has 0 spiro atoms. The Kier molecular flexibility index (Phi) is 5.57. The third kappa shape index (κ3) is 3.58. The van der Waals surface area contributed by atoms with Gasteiger partial charge in [-0.1, -0.05) is 44.4 Å². The fourth-order valence-electron chi connectivity index (χ4n) is 5.52. The number of nitrogens with one attached hydrogen (secondary N) is 1. The first-order valence-electron chi connectivity index (χ1n) is 11.7. The highest BCUT2D eigenvalue weighted by Crippen LogP contribution is 2.39. The van der Waals surface area contributed by atoms with E-state index in [0.717, 1.165) is 28.6 Å². The molecule has 1 saturated carbocycles. The van der Waals surface area contributed by atoms with Crippen molar-refractivity contribution in [1.82, 2.24) is 9.88 Å². The third-order valence-corrected chi connectivity index (χ3v) is 8.92. The molecule has 1 fully saturated rings. The molecule has 5 nitrogen and oxygen atoms in total. The highest BCUT2D eigenvalue weighted by atomic mass is 35.5. The van der Waals surface area contributed by atoms with E-state index in [1.807, 2.05) is 48.1 Å². The van der Waals surface area contributed by atoms with E-state index in [-0.39, 0.29) is 17.9 Å². The molecule has 5 rings (SSSR count). The van der Waals surface area contributed by atoms with Gasteiger partial charge < -0.3 is 9.88 Å². The van der Waals surface area contributed by atoms with Crippen LogP contribution in [0.15, 0.2) is 35.7 Å². The van der Waals surface area contributed by atoms with Gasteiger partial charge in [-0.25, -0.2) is 0 Å². The van der Waals surface area contributed by atoms with Crippen molar-refractivity contribution in [2.45, 2.75) is 65.1 Å². The summed E-state index contributed by atoms with van der Waals surface area (Å²) in [6.45, 7) is 8.71. The average Bonchev–Trinajstić information content (AvgIpc) is 3.36. The van der Waals surface area contributed by atoms with Crippen molar-refractivity contribution < 1.29 is 9.59 Å². The summed E-state index contributed by atoms with van der Waals surface area (Å²) in [7, 11) is 0. The molecular formula is C26H30ClN3O2S. The van der Waals surface area contributed by atoms with Gasteiger partial charge in [-0.15, -0.1) is 11.3 Å². The largest absolute Gasteiger partial charge is 0.351 e. The lowest BCUT2D eigenvalue weighted by Crippen LogP contribution is -2.66. The Morgan fingerprint density at radius 3 is 2.79 bits per heavy atom. The Morgan fingerprint density at radius 2 is 2.00 bits per heavy atom. The van der Waals surface area contributed by atoms with Crippen molar-refractivity contribution in [2.24, 2.45) is 11.8 Å². The van der Waals surface area contributed by atoms with Crippen molar-refractivity contribution in [1.29, 1.82) is 0 Å². The van der Waals surface area contributed by atoms with Gasteiger partial charge in [-0.3, -0.25) is 14.5 Å². The third-order valence-electron chi connectivity index (χ3n) is 7.83. The number of hydrogen-bond donors (Lipinski definition) is 1. The van der Waals surface area contributed by atoms with Crippen LogP contribution < -0.4 is 10.2 Å². The number of amides is 2. The topological polar surface area (TPSA) is 54.3 Å². The summed E-state index contributed by atoms with van der Waals surface area (Å²) in [6.07, 6.45) is 3.28. The molecule has 1 aliphatic carbocycles. The van der Waals surface area contributed by atoms with Crippen LogP contribution in [-0.2, 0) is 11.3 Å². The monoisotopic (exact) mass is 483 g/mol. The van der Waals surface area contributed by atoms with E-state index in [4.69, 9.17) is 11.6 Å². The standard InChI is InChI=1S/C26H30ClN3O2S/c1-15-6-5-7-19(17(15)3)28-25(32)26(4)14-29-20-10-11-33-23(20)13-22(29)24(31)30(26)21-12-18(27)9-8-16(21)2/h8-13,15,17,19H,5-7,14H2,1-4H3,(H,28,32). The zero-order valence-electron chi connectivity index (χ0n) is 19.5. The van der Waals surface area contributed by atoms with Gasteiger partial charge in [0.2, 0.25) is 5.91 Å². The van der Waals surface area contributed by atoms with Gasteiger partial charge in [-0.05, 0) is 67.3 Å². The first kappa shape index (κ1) is 22.5. The van der Waals surface area contributed by atoms with E-state index in [1.54, 1.807) is 22.3 Å². The summed E-state index contributed by atoms with van der Waals surface area (Å²) in [5.41, 5.74) is 2.12. The molecule has 0 radical (unpaired) electrons. The molecule has 174 valence electrons. The van der Waals surface area contributed by atoms with Crippen molar-refractivity contribution in [2.75, 3.05) is 4.90 Å². The Morgan fingerprint density at radius 1 is 1.21 bits per heavy atom. The molecule has 0 saturated heterocycles. The zero-order chi connectivity index (χ0) is 23.5. The maximum absolute atomic E-state index is 14.0. The summed E-state index contributed by atoms with van der Waals surface area (Å²) in [4.78, 5) is 29.7. The molecular weight excluding hydrogens is 454 g/mol. The van der Waals surface area contributed by atoms with Gasteiger partial charge in [0, 0.05) is 16.8 Å². The number of aromatic nitrogens is 1. The maximum atomic E-state index is 14.0. The van der Waals surface area contributed by atoms with E-state index in [1.165, 1.54) is 6.42 Å². The number of benzene rings is 1. The number of fused-ring (bicyclic) bond motifs is 3. The average molecular weight is 484 g/mol. The van der Waals surface area contributed by atoms with Gasteiger partial charge in [0.1, 0.15) is 11.2 Å². The van der Waals surface area contributed by atoms with Gasteiger partial charge in [0.05, 0.1) is 16.8 Å². The number of rotatable bonds is 3. The van der Waals surface area contributed by atoms with Crippen LogP contribution in [0.3, 0.4) is 0 Å². The molecule has 0 bridgehead atoms. The first-order valence-corrected chi connectivity index (χ1v) is 12.9. The molecule has 3 aromatic rings. The van der Waals surface area contributed by atoms with E-state index >= 15 is 0 Å². The summed E-state index contributed by atoms with van der Waals surface area (Å²) in [6, 6.07) is 9.60. The van der Waals surface area contributed by atoms with Crippen molar-refractivity contribution in [3.05, 3.63) is 52.0 Å². The fraction of sp³-hybridized carbons (Fsp3) is 0.462. The summed E-state index contributed by atoms with van der Waals surface area (Å²) >= 11 is 7.96. The molecule has 1 aliphatic heterocycles. The number of carbonyl (C=O) groups excluding carboxylic acids is 2. The molecule has 1 N–H and O–H groups in total. The lowest BCUT2D eigenvalue weighted by Gasteiger charge is -2.46. The lowest BCUT2D eigenvalue weighted by molar-refractivity contribution is -0.128.